The van der Waals surface area contributed by atoms with Gasteiger partial charge in [0.05, 0.1) is 5.52 Å². The van der Waals surface area contributed by atoms with Crippen LogP contribution in [0.25, 0.3) is 10.9 Å². The molecule has 0 aromatic carbocycles. The van der Waals surface area contributed by atoms with Gasteiger partial charge in [-0.3, -0.25) is 9.97 Å². The number of nitrogens with zero attached hydrogens (tertiary/aromatic N) is 2. The molecule has 2 heteroatoms. The lowest BCUT2D eigenvalue weighted by Gasteiger charge is -1.97. The van der Waals surface area contributed by atoms with E-state index < -0.39 is 0 Å². The second-order valence-electron chi connectivity index (χ2n) is 2.53. The van der Waals surface area contributed by atoms with Crippen molar-refractivity contribution in [2.75, 3.05) is 0 Å². The lowest BCUT2D eigenvalue weighted by Crippen LogP contribution is -1.83. The zero-order chi connectivity index (χ0) is 11.7. The van der Waals surface area contributed by atoms with E-state index in [2.05, 4.69) is 9.97 Å². The minimum atomic E-state index is 1.04. The molecular formula is C13H20N2. The molecule has 0 unspecified atom stereocenters. The van der Waals surface area contributed by atoms with Gasteiger partial charge in [0.25, 0.3) is 0 Å². The van der Waals surface area contributed by atoms with Gasteiger partial charge in [-0.2, -0.15) is 0 Å². The van der Waals surface area contributed by atoms with E-state index in [9.17, 15) is 0 Å². The molecule has 0 saturated heterocycles. The minimum absolute atomic E-state index is 1.04. The van der Waals surface area contributed by atoms with E-state index in [1.807, 2.05) is 59.1 Å². The highest BCUT2D eigenvalue weighted by Gasteiger charge is 1.94. The Labute approximate surface area is 92.4 Å². The predicted molar refractivity (Wildman–Crippen MR) is 67.0 cm³/mol. The summed E-state index contributed by atoms with van der Waals surface area (Å²) in [6, 6.07) is 3.94. The van der Waals surface area contributed by atoms with E-state index in [0.29, 0.717) is 0 Å². The Morgan fingerprint density at radius 2 is 1.67 bits per heavy atom. The molecule has 0 amide bonds. The lowest BCUT2D eigenvalue weighted by atomic mass is 10.2. The van der Waals surface area contributed by atoms with Gasteiger partial charge in [0, 0.05) is 24.0 Å². The fourth-order valence-corrected chi connectivity index (χ4v) is 1.14. The van der Waals surface area contributed by atoms with Crippen molar-refractivity contribution >= 4 is 10.9 Å². The third-order valence-electron chi connectivity index (χ3n) is 1.69. The monoisotopic (exact) mass is 204 g/mol. The first kappa shape index (κ1) is 13.6. The van der Waals surface area contributed by atoms with Crippen molar-refractivity contribution < 1.29 is 0 Å². The summed E-state index contributed by atoms with van der Waals surface area (Å²) in [7, 11) is 0. The van der Waals surface area contributed by atoms with E-state index in [4.69, 9.17) is 0 Å². The zero-order valence-electron chi connectivity index (χ0n) is 10.3. The van der Waals surface area contributed by atoms with Gasteiger partial charge in [0.15, 0.2) is 0 Å². The lowest BCUT2D eigenvalue weighted by molar-refractivity contribution is 1.27. The molecule has 2 aromatic heterocycles. The van der Waals surface area contributed by atoms with Crippen LogP contribution in [-0.2, 0) is 0 Å². The van der Waals surface area contributed by atoms with Crippen LogP contribution in [0.4, 0.5) is 0 Å². The van der Waals surface area contributed by atoms with Crippen LogP contribution in [0.1, 0.15) is 33.3 Å². The maximum Gasteiger partial charge on any atom is 0.0761 e. The van der Waals surface area contributed by atoms with E-state index in [1.165, 1.54) is 0 Å². The van der Waals surface area contributed by atoms with Crippen LogP contribution in [0.5, 0.6) is 0 Å². The number of aryl methyl sites for hydroxylation is 1. The number of fused-ring (bicyclic) bond motifs is 1. The first-order valence-corrected chi connectivity index (χ1v) is 5.53. The van der Waals surface area contributed by atoms with Gasteiger partial charge in [-0.25, -0.2) is 0 Å². The topological polar surface area (TPSA) is 25.8 Å². The maximum absolute atomic E-state index is 4.24. The van der Waals surface area contributed by atoms with Crippen molar-refractivity contribution in [2.24, 2.45) is 0 Å². The van der Waals surface area contributed by atoms with Crippen LogP contribution in [-0.4, -0.2) is 9.97 Å². The van der Waals surface area contributed by atoms with Gasteiger partial charge in [0.2, 0.25) is 0 Å². The maximum atomic E-state index is 4.24. The van der Waals surface area contributed by atoms with Crippen molar-refractivity contribution in [1.29, 1.82) is 0 Å². The Hall–Kier alpha value is -1.44. The quantitative estimate of drug-likeness (QED) is 0.648. The third-order valence-corrected chi connectivity index (χ3v) is 1.69. The fourth-order valence-electron chi connectivity index (χ4n) is 1.14. The number of aromatic nitrogens is 2. The van der Waals surface area contributed by atoms with Gasteiger partial charge in [0.1, 0.15) is 0 Å². The standard InChI is InChI=1S/C9H8N2.2C2H6/c1-7-5-10-6-8-3-2-4-11-9(7)8;2*1-2/h2-6H,1H3;2*1-2H3. The second kappa shape index (κ2) is 7.92. The molecule has 0 atom stereocenters. The Morgan fingerprint density at radius 3 is 2.27 bits per heavy atom. The van der Waals surface area contributed by atoms with Crippen LogP contribution in [0.3, 0.4) is 0 Å². The molecule has 0 aliphatic carbocycles. The van der Waals surface area contributed by atoms with Crippen molar-refractivity contribution in [3.63, 3.8) is 0 Å². The molecule has 15 heavy (non-hydrogen) atoms. The molecule has 0 fully saturated rings. The molecule has 0 aliphatic heterocycles. The summed E-state index contributed by atoms with van der Waals surface area (Å²) in [6.07, 6.45) is 5.46. The van der Waals surface area contributed by atoms with Gasteiger partial charge < -0.3 is 0 Å². The summed E-state index contributed by atoms with van der Waals surface area (Å²) in [4.78, 5) is 8.31. The Bertz CT molecular complexity index is 378. The largest absolute Gasteiger partial charge is 0.264 e. The van der Waals surface area contributed by atoms with Crippen LogP contribution in [0.15, 0.2) is 30.7 Å². The van der Waals surface area contributed by atoms with Gasteiger partial charge in [-0.1, -0.05) is 27.7 Å². The summed E-state index contributed by atoms with van der Waals surface area (Å²) < 4.78 is 0. The van der Waals surface area contributed by atoms with Crippen molar-refractivity contribution in [3.8, 4) is 0 Å². The minimum Gasteiger partial charge on any atom is -0.264 e. The van der Waals surface area contributed by atoms with E-state index in [1.54, 1.807) is 6.20 Å². The highest BCUT2D eigenvalue weighted by atomic mass is 14.7. The second-order valence-corrected chi connectivity index (χ2v) is 2.53. The van der Waals surface area contributed by atoms with Crippen LogP contribution in [0.2, 0.25) is 0 Å². The van der Waals surface area contributed by atoms with E-state index >= 15 is 0 Å². The molecule has 2 rings (SSSR count). The highest BCUT2D eigenvalue weighted by molar-refractivity contribution is 5.79. The summed E-state index contributed by atoms with van der Waals surface area (Å²) in [5.41, 5.74) is 2.17. The first-order chi connectivity index (χ1) is 7.38. The van der Waals surface area contributed by atoms with Gasteiger partial charge in [-0.15, -0.1) is 0 Å². The summed E-state index contributed by atoms with van der Waals surface area (Å²) >= 11 is 0. The van der Waals surface area contributed by atoms with Crippen LogP contribution < -0.4 is 0 Å². The summed E-state index contributed by atoms with van der Waals surface area (Å²) in [6.45, 7) is 10.0. The molecule has 82 valence electrons. The molecule has 0 saturated carbocycles. The fraction of sp³-hybridized carbons (Fsp3) is 0.385. The molecule has 2 nitrogen and oxygen atoms in total. The molecular weight excluding hydrogens is 184 g/mol. The molecule has 0 N–H and O–H groups in total. The smallest absolute Gasteiger partial charge is 0.0761 e. The number of rotatable bonds is 0. The van der Waals surface area contributed by atoms with Gasteiger partial charge in [-0.05, 0) is 24.6 Å². The van der Waals surface area contributed by atoms with E-state index in [0.717, 1.165) is 16.5 Å². The van der Waals surface area contributed by atoms with Crippen LogP contribution in [0, 0.1) is 6.92 Å². The molecule has 0 radical (unpaired) electrons. The highest BCUT2D eigenvalue weighted by Crippen LogP contribution is 2.11. The Morgan fingerprint density at radius 1 is 1.00 bits per heavy atom. The van der Waals surface area contributed by atoms with Crippen molar-refractivity contribution in [2.45, 2.75) is 34.6 Å². The first-order valence-electron chi connectivity index (χ1n) is 5.53. The Balaban J connectivity index is 0.000000442. The average molecular weight is 204 g/mol. The third kappa shape index (κ3) is 3.66. The molecule has 0 bridgehead atoms. The van der Waals surface area contributed by atoms with Gasteiger partial charge >= 0.3 is 0 Å². The Kier molecular flexibility index (Phi) is 7.16. The SMILES string of the molecule is CC.CC.Cc1cncc2cccnc12. The molecule has 2 heterocycles. The average Bonchev–Trinajstić information content (AvgIpc) is 2.35. The number of pyridine rings is 2. The van der Waals surface area contributed by atoms with Crippen molar-refractivity contribution in [3.05, 3.63) is 36.3 Å². The summed E-state index contributed by atoms with van der Waals surface area (Å²) in [5.74, 6) is 0. The van der Waals surface area contributed by atoms with E-state index in [-0.39, 0.29) is 0 Å². The molecule has 0 aliphatic rings. The number of hydrogen-bond acceptors (Lipinski definition) is 2. The molecule has 0 spiro atoms. The normalized spacial score (nSPS) is 8.33. The number of hydrogen-bond donors (Lipinski definition) is 0. The zero-order valence-corrected chi connectivity index (χ0v) is 10.3. The molecule has 2 aromatic rings. The van der Waals surface area contributed by atoms with Crippen molar-refractivity contribution in [1.82, 2.24) is 9.97 Å². The predicted octanol–water partition coefficient (Wildman–Crippen LogP) is 3.99. The summed E-state index contributed by atoms with van der Waals surface area (Å²) in [5, 5.41) is 1.10. The van der Waals surface area contributed by atoms with Crippen LogP contribution >= 0.6 is 0 Å².